The van der Waals surface area contributed by atoms with Gasteiger partial charge in [-0.05, 0) is 126 Å². The predicted molar refractivity (Wildman–Crippen MR) is 318 cm³/mol. The Morgan fingerprint density at radius 2 is 0.988 bits per heavy atom. The zero-order valence-corrected chi connectivity index (χ0v) is 51.3. The first-order valence-corrected chi connectivity index (χ1v) is 30.2. The second-order valence-corrected chi connectivity index (χ2v) is 22.6. The molecule has 12 atom stereocenters. The van der Waals surface area contributed by atoms with Gasteiger partial charge in [-0.3, -0.25) is 0 Å². The molecule has 0 aromatic heterocycles. The van der Waals surface area contributed by atoms with Crippen LogP contribution in [0.15, 0.2) is 48.5 Å². The molecule has 12 N–H and O–H groups in total. The lowest BCUT2D eigenvalue weighted by Crippen LogP contribution is -2.50. The maximum absolute atomic E-state index is 13.1. The molecule has 4 aliphatic heterocycles. The number of ether oxygens (including phenoxy) is 6. The molecule has 6 amide bonds. The summed E-state index contributed by atoms with van der Waals surface area (Å²) in [5.41, 5.74) is 1.94. The van der Waals surface area contributed by atoms with Gasteiger partial charge in [-0.1, -0.05) is 47.5 Å². The van der Waals surface area contributed by atoms with Crippen molar-refractivity contribution in [3.63, 3.8) is 0 Å². The van der Waals surface area contributed by atoms with Gasteiger partial charge in [0.15, 0.2) is 12.2 Å². The van der Waals surface area contributed by atoms with E-state index < -0.39 is 48.5 Å². The van der Waals surface area contributed by atoms with Crippen LogP contribution in [-0.4, -0.2) is 233 Å². The van der Waals surface area contributed by atoms with E-state index in [1.807, 2.05) is 72.4 Å². The molecule has 86 heavy (non-hydrogen) atoms. The summed E-state index contributed by atoms with van der Waals surface area (Å²) < 4.78 is 32.9. The maximum Gasteiger partial charge on any atom is 0.406 e. The van der Waals surface area contributed by atoms with Gasteiger partial charge < -0.3 is 101 Å². The zero-order valence-electron chi connectivity index (χ0n) is 49.8. The van der Waals surface area contributed by atoms with Gasteiger partial charge in [0.05, 0.1) is 39.6 Å². The van der Waals surface area contributed by atoms with Crippen LogP contribution in [0.4, 0.5) is 19.2 Å². The van der Waals surface area contributed by atoms with Crippen molar-refractivity contribution in [2.24, 2.45) is 23.7 Å². The number of likely N-dealkylation sites (tertiary alicyclic amines) is 2. The van der Waals surface area contributed by atoms with Crippen LogP contribution in [-0.2, 0) is 38.0 Å². The molecule has 0 aliphatic carbocycles. The third kappa shape index (κ3) is 26.1. The van der Waals surface area contributed by atoms with Crippen LogP contribution < -0.4 is 31.9 Å². The van der Waals surface area contributed by atoms with Crippen LogP contribution in [0.2, 0.25) is 10.0 Å². The van der Waals surface area contributed by atoms with Crippen molar-refractivity contribution >= 4 is 59.4 Å². The molecule has 4 aliphatic rings. The lowest BCUT2D eigenvalue weighted by atomic mass is 9.88. The number of aliphatic hydroxyl groups excluding tert-OH is 4. The first-order valence-electron chi connectivity index (χ1n) is 29.4. The van der Waals surface area contributed by atoms with Crippen molar-refractivity contribution in [2.45, 2.75) is 113 Å². The Morgan fingerprint density at radius 3 is 1.31 bits per heavy atom. The summed E-state index contributed by atoms with van der Waals surface area (Å²) in [5.74, 6) is -2.38. The van der Waals surface area contributed by atoms with Crippen molar-refractivity contribution in [1.82, 2.24) is 41.7 Å². The normalized spacial score (nSPS) is 21.5. The lowest BCUT2D eigenvalue weighted by Gasteiger charge is -2.37. The summed E-state index contributed by atoms with van der Waals surface area (Å²) in [4.78, 5) is 72.8. The first kappa shape index (κ1) is 73.1. The van der Waals surface area contributed by atoms with Crippen molar-refractivity contribution in [1.29, 1.82) is 0 Å². The van der Waals surface area contributed by atoms with Gasteiger partial charge in [0.2, 0.25) is 0 Å². The van der Waals surface area contributed by atoms with E-state index >= 15 is 0 Å². The molecule has 2 aromatic rings. The van der Waals surface area contributed by atoms with Crippen molar-refractivity contribution in [3.05, 3.63) is 69.7 Å². The number of hydrogen-bond acceptors (Lipinski definition) is 18. The van der Waals surface area contributed by atoms with E-state index in [0.29, 0.717) is 74.4 Å². The van der Waals surface area contributed by atoms with Crippen molar-refractivity contribution in [2.75, 3.05) is 120 Å². The fraction of sp³-hybridized carbons (Fsp3) is 0.690. The minimum Gasteiger partial charge on any atom is -0.479 e. The number of piperidine rings is 2. The number of hydrogen-bond donors (Lipinski definition) is 12. The number of likely N-dealkylation sites (N-methyl/N-ethyl adjacent to an activating group) is 2. The summed E-state index contributed by atoms with van der Waals surface area (Å²) in [5, 5.41) is 71.0. The Labute approximate surface area is 513 Å². The zero-order chi connectivity index (χ0) is 63.0. The molecule has 0 bridgehead atoms. The quantitative estimate of drug-likeness (QED) is 0.0567. The number of rotatable bonds is 27. The van der Waals surface area contributed by atoms with Crippen LogP contribution in [0.5, 0.6) is 0 Å². The van der Waals surface area contributed by atoms with Crippen LogP contribution in [0.1, 0.15) is 87.5 Å². The molecule has 0 unspecified atom stereocenters. The van der Waals surface area contributed by atoms with Gasteiger partial charge >= 0.3 is 36.2 Å². The molecule has 28 heteroatoms. The number of amides is 6. The minimum absolute atomic E-state index is 0.0444. The van der Waals surface area contributed by atoms with Crippen molar-refractivity contribution < 1.29 is 87.8 Å². The number of nitrogens with zero attached hydrogens (tertiary/aromatic N) is 2. The van der Waals surface area contributed by atoms with E-state index in [2.05, 4.69) is 41.4 Å². The van der Waals surface area contributed by atoms with E-state index in [1.165, 1.54) is 27.1 Å². The highest BCUT2D eigenvalue weighted by Crippen LogP contribution is 2.36. The molecule has 0 spiro atoms. The first-order chi connectivity index (χ1) is 41.3. The number of nitrogens with one attached hydrogen (secondary N) is 6. The average molecular weight is 1260 g/mol. The van der Waals surface area contributed by atoms with E-state index in [-0.39, 0.29) is 48.2 Å². The Bertz CT molecular complexity index is 2190. The van der Waals surface area contributed by atoms with Gasteiger partial charge in [-0.2, -0.15) is 0 Å². The number of urea groups is 2. The molecule has 4 fully saturated rings. The summed E-state index contributed by atoms with van der Waals surface area (Å²) in [6, 6.07) is 15.6. The van der Waals surface area contributed by atoms with Crippen LogP contribution >= 0.6 is 23.2 Å². The lowest BCUT2D eigenvalue weighted by molar-refractivity contribution is -0.172. The Hall–Kier alpha value is -5.36. The number of alkyl carbamates (subject to hydrolysis) is 2. The number of carboxylic acid groups (broad SMARTS) is 2. The molecular formula is C58H92Cl2N8O18. The highest BCUT2D eigenvalue weighted by molar-refractivity contribution is 6.30. The molecule has 2 aromatic carbocycles. The average Bonchev–Trinajstić information content (AvgIpc) is 3.39. The predicted octanol–water partition coefficient (Wildman–Crippen LogP) is 3.76. The standard InChI is InChI=1S/2C26H41ClN4O5.C6H10O8/c2*1-28-23(14-19-6-5-12-35-18-19)16-30-25(32)31-11-4-8-21(17-31)24(20-7-3-9-22(27)15-20)36-13-10-29-26(33)34-2;7-1(3(9)5(11)12)2(8)4(10)6(13)14/h2*3,7,9,15,19,21,23-24,28H,4-6,8,10-14,16-18H2,1-2H3,(H,29,33)(H,30,32);1-4,7-10H,(H,11,12)(H,13,14)/t2*19-,21-,23+,24+;1-,2+,3+,4-/m11./s1. The van der Waals surface area contributed by atoms with Crippen LogP contribution in [0.25, 0.3) is 0 Å². The SMILES string of the molecule is CN[C@H](CNC(=O)N1CCC[C@@H]([C@@H](OCCNC(=O)OC)c2cccc(Cl)c2)C1)C[C@H]1CCCOC1.CN[C@H](CNC(=O)N1CCC[C@@H]([C@@H](OCCNC(=O)OC)c2cccc(Cl)c2)C1)C[C@H]1CCCOC1.O=C(O)[C@@H](O)[C@H](O)[C@H](O)[C@@H](O)C(=O)O. The second kappa shape index (κ2) is 40.2. The molecule has 4 heterocycles. The topological polar surface area (TPSA) is 358 Å². The highest BCUT2D eigenvalue weighted by atomic mass is 35.5. The molecule has 26 nitrogen and oxygen atoms in total. The number of halogens is 2. The Kier molecular flexibility index (Phi) is 34.2. The van der Waals surface area contributed by atoms with Crippen LogP contribution in [0.3, 0.4) is 0 Å². The Balaban J connectivity index is 0.000000303. The van der Waals surface area contributed by atoms with E-state index in [4.69, 9.17) is 72.8 Å². The number of aliphatic hydroxyl groups is 4. The maximum atomic E-state index is 13.1. The largest absolute Gasteiger partial charge is 0.479 e. The fourth-order valence-corrected chi connectivity index (χ4v) is 11.2. The van der Waals surface area contributed by atoms with Gasteiger partial charge in [-0.15, -0.1) is 0 Å². The third-order valence-electron chi connectivity index (χ3n) is 15.5. The number of carboxylic acids is 2. The van der Waals surface area contributed by atoms with E-state index in [9.17, 15) is 28.8 Å². The van der Waals surface area contributed by atoms with Crippen molar-refractivity contribution in [3.8, 4) is 0 Å². The van der Waals surface area contributed by atoms with Gasteiger partial charge in [-0.25, -0.2) is 28.8 Å². The summed E-state index contributed by atoms with van der Waals surface area (Å²) >= 11 is 12.5. The molecular weight excluding hydrogens is 1170 g/mol. The number of benzene rings is 2. The second-order valence-electron chi connectivity index (χ2n) is 21.8. The van der Waals surface area contributed by atoms with Gasteiger partial charge in [0.25, 0.3) is 0 Å². The highest BCUT2D eigenvalue weighted by Gasteiger charge is 2.38. The molecule has 0 radical (unpaired) electrons. The molecule has 0 saturated carbocycles. The number of carbonyl (C=O) groups excluding carboxylic acids is 4. The number of methoxy groups -OCH3 is 2. The fourth-order valence-electron chi connectivity index (χ4n) is 10.8. The smallest absolute Gasteiger partial charge is 0.406 e. The van der Waals surface area contributed by atoms with Gasteiger partial charge in [0, 0.05) is 113 Å². The molecule has 6 rings (SSSR count). The van der Waals surface area contributed by atoms with Gasteiger partial charge in [0.1, 0.15) is 12.2 Å². The van der Waals surface area contributed by atoms with E-state index in [0.717, 1.165) is 102 Å². The Morgan fingerprint density at radius 1 is 0.593 bits per heavy atom. The third-order valence-corrected chi connectivity index (χ3v) is 15.9. The number of aliphatic carboxylic acids is 2. The number of carbonyl (C=O) groups is 6. The molecule has 4 saturated heterocycles. The molecule has 486 valence electrons. The van der Waals surface area contributed by atoms with E-state index in [1.54, 1.807) is 0 Å². The summed E-state index contributed by atoms with van der Waals surface area (Å²) in [6.45, 7) is 8.42. The monoisotopic (exact) mass is 1260 g/mol. The summed E-state index contributed by atoms with van der Waals surface area (Å²) in [6.07, 6.45) is -0.522. The van der Waals surface area contributed by atoms with Crippen LogP contribution in [0, 0.1) is 23.7 Å². The minimum atomic E-state index is -2.36. The summed E-state index contributed by atoms with van der Waals surface area (Å²) in [7, 11) is 6.55.